The first kappa shape index (κ1) is 25.8. The highest BCUT2D eigenvalue weighted by atomic mass is 79.9. The van der Waals surface area contributed by atoms with Crippen LogP contribution in [0.3, 0.4) is 0 Å². The van der Waals surface area contributed by atoms with Gasteiger partial charge in [0.2, 0.25) is 5.91 Å². The van der Waals surface area contributed by atoms with Gasteiger partial charge >= 0.3 is 0 Å². The molecule has 0 bridgehead atoms. The monoisotopic (exact) mass is 542 g/mol. The number of halogens is 2. The molecule has 3 aromatic rings. The second-order valence-corrected chi connectivity index (χ2v) is 9.62. The lowest BCUT2D eigenvalue weighted by Gasteiger charge is -2.32. The van der Waals surface area contributed by atoms with Crippen LogP contribution in [0.4, 0.5) is 0 Å². The molecule has 0 saturated heterocycles. The number of rotatable bonds is 10. The van der Waals surface area contributed by atoms with E-state index in [0.29, 0.717) is 17.2 Å². The Morgan fingerprint density at radius 2 is 1.68 bits per heavy atom. The fraction of sp³-hybridized carbons (Fsp3) is 0.259. The molecule has 0 aliphatic carbocycles. The fourth-order valence-electron chi connectivity index (χ4n) is 3.55. The van der Waals surface area contributed by atoms with Gasteiger partial charge in [-0.05, 0) is 55.3 Å². The van der Waals surface area contributed by atoms with Gasteiger partial charge in [0.25, 0.3) is 5.91 Å². The predicted molar refractivity (Wildman–Crippen MR) is 139 cm³/mol. The number of nitrogens with one attached hydrogen (secondary N) is 1. The summed E-state index contributed by atoms with van der Waals surface area (Å²) in [6.07, 6.45) is 0.385. The largest absolute Gasteiger partial charge is 0.484 e. The number of carbonyl (C=O) groups excluding carboxylic acids is 2. The molecule has 0 aromatic heterocycles. The van der Waals surface area contributed by atoms with Gasteiger partial charge in [-0.1, -0.05) is 76.1 Å². The molecule has 0 aliphatic rings. The molecule has 34 heavy (non-hydrogen) atoms. The number of ether oxygens (including phenoxy) is 1. The van der Waals surface area contributed by atoms with Crippen LogP contribution in [0, 0.1) is 0 Å². The topological polar surface area (TPSA) is 58.6 Å². The number of carbonyl (C=O) groups is 2. The van der Waals surface area contributed by atoms with Gasteiger partial charge in [-0.15, -0.1) is 0 Å². The molecule has 5 nitrogen and oxygen atoms in total. The van der Waals surface area contributed by atoms with Gasteiger partial charge in [0.1, 0.15) is 11.8 Å². The molecule has 0 unspecified atom stereocenters. The van der Waals surface area contributed by atoms with Crippen molar-refractivity contribution in [3.05, 3.63) is 99.5 Å². The maximum absolute atomic E-state index is 13.5. The third kappa shape index (κ3) is 7.89. The Hall–Kier alpha value is -2.83. The zero-order valence-corrected chi connectivity index (χ0v) is 21.6. The third-order valence-corrected chi connectivity index (χ3v) is 5.83. The molecule has 0 heterocycles. The second-order valence-electron chi connectivity index (χ2n) is 8.27. The number of amides is 2. The maximum Gasteiger partial charge on any atom is 0.261 e. The Labute approximate surface area is 214 Å². The Kier molecular flexibility index (Phi) is 9.54. The van der Waals surface area contributed by atoms with Crippen molar-refractivity contribution in [2.24, 2.45) is 0 Å². The van der Waals surface area contributed by atoms with Crippen LogP contribution in [0.2, 0.25) is 5.02 Å². The molecule has 0 fully saturated rings. The third-order valence-electron chi connectivity index (χ3n) is 5.10. The summed E-state index contributed by atoms with van der Waals surface area (Å²) in [6, 6.07) is 23.5. The van der Waals surface area contributed by atoms with Crippen molar-refractivity contribution in [2.45, 2.75) is 38.9 Å². The van der Waals surface area contributed by atoms with Crippen molar-refractivity contribution in [3.8, 4) is 5.75 Å². The first-order valence-electron chi connectivity index (χ1n) is 11.1. The molecule has 178 valence electrons. The molecule has 7 heteroatoms. The van der Waals surface area contributed by atoms with Crippen molar-refractivity contribution < 1.29 is 14.3 Å². The van der Waals surface area contributed by atoms with Crippen LogP contribution in [0.15, 0.2) is 83.3 Å². The van der Waals surface area contributed by atoms with E-state index in [-0.39, 0.29) is 31.0 Å². The van der Waals surface area contributed by atoms with Gasteiger partial charge in [-0.3, -0.25) is 9.59 Å². The molecule has 0 spiro atoms. The number of nitrogens with zero attached hydrogens (tertiary/aromatic N) is 1. The Morgan fingerprint density at radius 1 is 0.971 bits per heavy atom. The van der Waals surface area contributed by atoms with Crippen LogP contribution in [0.25, 0.3) is 0 Å². The van der Waals surface area contributed by atoms with E-state index in [0.717, 1.165) is 15.6 Å². The van der Waals surface area contributed by atoms with Crippen molar-refractivity contribution in [2.75, 3.05) is 6.61 Å². The summed E-state index contributed by atoms with van der Waals surface area (Å²) in [4.78, 5) is 28.4. The van der Waals surface area contributed by atoms with E-state index in [1.54, 1.807) is 29.2 Å². The van der Waals surface area contributed by atoms with Crippen LogP contribution in [0.5, 0.6) is 5.75 Å². The minimum atomic E-state index is -0.709. The summed E-state index contributed by atoms with van der Waals surface area (Å²) in [7, 11) is 0. The van der Waals surface area contributed by atoms with Gasteiger partial charge in [-0.2, -0.15) is 0 Å². The van der Waals surface area contributed by atoms with E-state index >= 15 is 0 Å². The van der Waals surface area contributed by atoms with Gasteiger partial charge < -0.3 is 15.0 Å². The van der Waals surface area contributed by atoms with Crippen LogP contribution in [-0.4, -0.2) is 35.4 Å². The average molecular weight is 544 g/mol. The number of hydrogen-bond acceptors (Lipinski definition) is 3. The van der Waals surface area contributed by atoms with E-state index in [1.165, 1.54) is 0 Å². The van der Waals surface area contributed by atoms with Crippen LogP contribution in [-0.2, 0) is 22.6 Å². The Bertz CT molecular complexity index is 1110. The highest BCUT2D eigenvalue weighted by Gasteiger charge is 2.31. The number of hydrogen-bond donors (Lipinski definition) is 1. The van der Waals surface area contributed by atoms with Gasteiger partial charge in [0.15, 0.2) is 6.61 Å². The van der Waals surface area contributed by atoms with E-state index in [4.69, 9.17) is 16.3 Å². The smallest absolute Gasteiger partial charge is 0.261 e. The Balaban J connectivity index is 1.91. The van der Waals surface area contributed by atoms with Crippen molar-refractivity contribution in [3.63, 3.8) is 0 Å². The van der Waals surface area contributed by atoms with Crippen LogP contribution < -0.4 is 10.1 Å². The predicted octanol–water partition coefficient (Wildman–Crippen LogP) is 5.65. The first-order valence-corrected chi connectivity index (χ1v) is 12.3. The summed E-state index contributed by atoms with van der Waals surface area (Å²) < 4.78 is 6.64. The highest BCUT2D eigenvalue weighted by Crippen LogP contribution is 2.20. The molecule has 0 saturated carbocycles. The van der Waals surface area contributed by atoms with Gasteiger partial charge in [0.05, 0.1) is 0 Å². The van der Waals surface area contributed by atoms with Gasteiger partial charge in [0, 0.05) is 28.5 Å². The van der Waals surface area contributed by atoms with Gasteiger partial charge in [-0.25, -0.2) is 0 Å². The molecular weight excluding hydrogens is 516 g/mol. The van der Waals surface area contributed by atoms with Crippen molar-refractivity contribution in [1.82, 2.24) is 10.2 Å². The minimum Gasteiger partial charge on any atom is -0.484 e. The second kappa shape index (κ2) is 12.6. The lowest BCUT2D eigenvalue weighted by molar-refractivity contribution is -0.143. The van der Waals surface area contributed by atoms with E-state index in [2.05, 4.69) is 21.2 Å². The molecule has 1 N–H and O–H groups in total. The fourth-order valence-corrected chi connectivity index (χ4v) is 4.18. The molecule has 2 amide bonds. The highest BCUT2D eigenvalue weighted by molar-refractivity contribution is 9.10. The molecular formula is C27H28BrClN2O3. The van der Waals surface area contributed by atoms with E-state index in [1.807, 2.05) is 68.4 Å². The van der Waals surface area contributed by atoms with Crippen LogP contribution >= 0.6 is 27.5 Å². The minimum absolute atomic E-state index is 0.0590. The zero-order chi connectivity index (χ0) is 24.5. The summed E-state index contributed by atoms with van der Waals surface area (Å²) >= 11 is 9.53. The van der Waals surface area contributed by atoms with Crippen LogP contribution in [0.1, 0.15) is 25.0 Å². The normalized spacial score (nSPS) is 11.7. The maximum atomic E-state index is 13.5. The molecule has 3 rings (SSSR count). The summed E-state index contributed by atoms with van der Waals surface area (Å²) in [5, 5.41) is 3.50. The Morgan fingerprint density at radius 3 is 2.35 bits per heavy atom. The summed E-state index contributed by atoms with van der Waals surface area (Å²) in [5.41, 5.74) is 1.87. The standard InChI is InChI=1S/C27H28BrClN2O3/c1-19(2)30-27(33)25(15-20-8-4-3-5-9-20)31(17-21-10-6-11-22(28)14-21)26(32)18-34-24-13-7-12-23(29)16-24/h3-14,16,19,25H,15,17-18H2,1-2H3,(H,30,33)/t25-/m1/s1. The van der Waals surface area contributed by atoms with E-state index in [9.17, 15) is 9.59 Å². The average Bonchev–Trinajstić information content (AvgIpc) is 2.80. The molecule has 3 aromatic carbocycles. The quantitative estimate of drug-likeness (QED) is 0.360. The first-order chi connectivity index (χ1) is 16.3. The van der Waals surface area contributed by atoms with E-state index < -0.39 is 6.04 Å². The lowest BCUT2D eigenvalue weighted by Crippen LogP contribution is -2.52. The summed E-state index contributed by atoms with van der Waals surface area (Å²) in [6.45, 7) is 3.86. The molecule has 0 aliphatic heterocycles. The van der Waals surface area contributed by atoms with Crippen molar-refractivity contribution >= 4 is 39.3 Å². The summed E-state index contributed by atoms with van der Waals surface area (Å²) in [5.74, 6) is -0.000703. The molecule has 1 atom stereocenters. The SMILES string of the molecule is CC(C)NC(=O)[C@@H](Cc1ccccc1)N(Cc1cccc(Br)c1)C(=O)COc1cccc(Cl)c1. The molecule has 0 radical (unpaired) electrons. The van der Waals surface area contributed by atoms with Crippen molar-refractivity contribution in [1.29, 1.82) is 0 Å². The zero-order valence-electron chi connectivity index (χ0n) is 19.2. The number of benzene rings is 3. The lowest BCUT2D eigenvalue weighted by atomic mass is 10.0.